The Morgan fingerprint density at radius 3 is 2.68 bits per heavy atom. The summed E-state index contributed by atoms with van der Waals surface area (Å²) in [5.41, 5.74) is 0. The zero-order valence-corrected chi connectivity index (χ0v) is 12.3. The Morgan fingerprint density at radius 1 is 1.21 bits per heavy atom. The molecule has 4 heteroatoms. The Hall–Kier alpha value is -0.730. The number of rotatable bonds is 5. The summed E-state index contributed by atoms with van der Waals surface area (Å²) in [5, 5.41) is 1.10. The van der Waals surface area contributed by atoms with Gasteiger partial charge in [0.15, 0.2) is 0 Å². The van der Waals surface area contributed by atoms with Gasteiger partial charge in [0, 0.05) is 23.4 Å². The Morgan fingerprint density at radius 2 is 1.95 bits per heavy atom. The van der Waals surface area contributed by atoms with E-state index in [1.165, 1.54) is 19.3 Å². The van der Waals surface area contributed by atoms with Gasteiger partial charge >= 0.3 is 0 Å². The second-order valence-electron chi connectivity index (χ2n) is 4.97. The van der Waals surface area contributed by atoms with Crippen molar-refractivity contribution >= 4 is 29.0 Å². The molecule has 1 aromatic carbocycles. The average Bonchev–Trinajstić information content (AvgIpc) is 2.43. The van der Waals surface area contributed by atoms with Crippen LogP contribution in [-0.2, 0) is 4.79 Å². The van der Waals surface area contributed by atoms with E-state index in [9.17, 15) is 4.79 Å². The third-order valence-electron chi connectivity index (χ3n) is 3.56. The molecule has 1 aliphatic rings. The van der Waals surface area contributed by atoms with Gasteiger partial charge in [0.25, 0.3) is 0 Å². The molecule has 104 valence electrons. The second kappa shape index (κ2) is 7.16. The Balaban J connectivity index is 1.79. The summed E-state index contributed by atoms with van der Waals surface area (Å²) >= 11 is 11.9. The zero-order chi connectivity index (χ0) is 13.7. The topological polar surface area (TPSA) is 26.3 Å². The van der Waals surface area contributed by atoms with Crippen molar-refractivity contribution in [2.75, 3.05) is 6.61 Å². The van der Waals surface area contributed by atoms with E-state index in [-0.39, 0.29) is 5.92 Å². The highest BCUT2D eigenvalue weighted by Gasteiger charge is 2.20. The molecule has 0 aromatic heterocycles. The van der Waals surface area contributed by atoms with Crippen molar-refractivity contribution in [1.29, 1.82) is 0 Å². The van der Waals surface area contributed by atoms with Gasteiger partial charge in [0.1, 0.15) is 11.5 Å². The van der Waals surface area contributed by atoms with Gasteiger partial charge in [-0.3, -0.25) is 4.79 Å². The fourth-order valence-electron chi connectivity index (χ4n) is 2.48. The lowest BCUT2D eigenvalue weighted by molar-refractivity contribution is -0.124. The van der Waals surface area contributed by atoms with Crippen LogP contribution in [0.25, 0.3) is 0 Å². The smallest absolute Gasteiger partial charge is 0.139 e. The van der Waals surface area contributed by atoms with Crippen LogP contribution in [0.3, 0.4) is 0 Å². The van der Waals surface area contributed by atoms with Crippen molar-refractivity contribution < 1.29 is 9.53 Å². The summed E-state index contributed by atoms with van der Waals surface area (Å²) in [4.78, 5) is 12.0. The summed E-state index contributed by atoms with van der Waals surface area (Å²) in [6, 6.07) is 5.08. The summed E-state index contributed by atoms with van der Waals surface area (Å²) in [6.45, 7) is 0.370. The molecule has 1 saturated carbocycles. The lowest BCUT2D eigenvalue weighted by Crippen LogP contribution is -2.19. The molecule has 2 rings (SSSR count). The van der Waals surface area contributed by atoms with Gasteiger partial charge in [-0.2, -0.15) is 0 Å². The number of halogens is 2. The number of carbonyl (C=O) groups is 1. The normalized spacial score (nSPS) is 16.3. The molecular weight excluding hydrogens is 283 g/mol. The molecule has 19 heavy (non-hydrogen) atoms. The Bertz CT molecular complexity index is 440. The Kier molecular flexibility index (Phi) is 5.53. The number of benzene rings is 1. The van der Waals surface area contributed by atoms with E-state index in [2.05, 4.69) is 0 Å². The zero-order valence-electron chi connectivity index (χ0n) is 10.8. The minimum Gasteiger partial charge on any atom is -0.492 e. The average molecular weight is 301 g/mol. The molecule has 0 unspecified atom stereocenters. The first kappa shape index (κ1) is 14.7. The SMILES string of the molecule is O=C(CCOc1cc(Cl)ccc1Cl)C1CCCCC1. The first-order chi connectivity index (χ1) is 9.16. The van der Waals surface area contributed by atoms with Gasteiger partial charge in [-0.15, -0.1) is 0 Å². The summed E-state index contributed by atoms with van der Waals surface area (Å²) in [6.07, 6.45) is 6.15. The van der Waals surface area contributed by atoms with E-state index >= 15 is 0 Å². The van der Waals surface area contributed by atoms with Crippen molar-refractivity contribution in [2.45, 2.75) is 38.5 Å². The van der Waals surface area contributed by atoms with Crippen molar-refractivity contribution in [3.63, 3.8) is 0 Å². The van der Waals surface area contributed by atoms with E-state index in [1.54, 1.807) is 18.2 Å². The third-order valence-corrected chi connectivity index (χ3v) is 4.11. The molecule has 1 aliphatic carbocycles. The van der Waals surface area contributed by atoms with E-state index < -0.39 is 0 Å². The first-order valence-electron chi connectivity index (χ1n) is 6.77. The number of Topliss-reactive ketones (excluding diaryl/α,β-unsaturated/α-hetero) is 1. The molecule has 0 saturated heterocycles. The van der Waals surface area contributed by atoms with Crippen molar-refractivity contribution in [3.8, 4) is 5.75 Å². The number of carbonyl (C=O) groups excluding carboxylic acids is 1. The number of hydrogen-bond acceptors (Lipinski definition) is 2. The van der Waals surface area contributed by atoms with Crippen LogP contribution in [0.4, 0.5) is 0 Å². The van der Waals surface area contributed by atoms with Crippen molar-refractivity contribution in [3.05, 3.63) is 28.2 Å². The monoisotopic (exact) mass is 300 g/mol. The van der Waals surface area contributed by atoms with Crippen LogP contribution in [0, 0.1) is 5.92 Å². The van der Waals surface area contributed by atoms with Crippen molar-refractivity contribution in [1.82, 2.24) is 0 Å². The predicted molar refractivity (Wildman–Crippen MR) is 78.2 cm³/mol. The predicted octanol–water partition coefficient (Wildman–Crippen LogP) is 4.91. The molecule has 0 radical (unpaired) electrons. The summed E-state index contributed by atoms with van der Waals surface area (Å²) in [5.74, 6) is 1.11. The molecule has 1 aromatic rings. The minimum atomic E-state index is 0.243. The number of ether oxygens (including phenoxy) is 1. The van der Waals surface area contributed by atoms with Gasteiger partial charge < -0.3 is 4.74 Å². The second-order valence-corrected chi connectivity index (χ2v) is 5.82. The molecule has 0 amide bonds. The van der Waals surface area contributed by atoms with Gasteiger partial charge in [0.05, 0.1) is 11.6 Å². The maximum Gasteiger partial charge on any atom is 0.139 e. The van der Waals surface area contributed by atoms with Crippen LogP contribution in [0.5, 0.6) is 5.75 Å². The van der Waals surface area contributed by atoms with Crippen LogP contribution < -0.4 is 4.74 Å². The fraction of sp³-hybridized carbons (Fsp3) is 0.533. The minimum absolute atomic E-state index is 0.243. The van der Waals surface area contributed by atoms with Gasteiger partial charge in [0.2, 0.25) is 0 Å². The van der Waals surface area contributed by atoms with Crippen LogP contribution >= 0.6 is 23.2 Å². The molecule has 0 heterocycles. The van der Waals surface area contributed by atoms with E-state index in [0.717, 1.165) is 12.8 Å². The van der Waals surface area contributed by atoms with E-state index in [0.29, 0.717) is 34.6 Å². The Labute approximate surface area is 124 Å². The molecule has 1 fully saturated rings. The largest absolute Gasteiger partial charge is 0.492 e. The third kappa shape index (κ3) is 4.39. The first-order valence-corrected chi connectivity index (χ1v) is 7.53. The highest BCUT2D eigenvalue weighted by Crippen LogP contribution is 2.28. The lowest BCUT2D eigenvalue weighted by Gasteiger charge is -2.20. The van der Waals surface area contributed by atoms with Gasteiger partial charge in [-0.25, -0.2) is 0 Å². The number of ketones is 1. The molecular formula is C15H18Cl2O2. The number of hydrogen-bond donors (Lipinski definition) is 0. The van der Waals surface area contributed by atoms with Crippen LogP contribution in [0.15, 0.2) is 18.2 Å². The standard InChI is InChI=1S/C15H18Cl2O2/c16-12-6-7-13(17)15(10-12)19-9-8-14(18)11-4-2-1-3-5-11/h6-7,10-11H,1-5,8-9H2. The molecule has 0 N–H and O–H groups in total. The quantitative estimate of drug-likeness (QED) is 0.772. The lowest BCUT2D eigenvalue weighted by atomic mass is 9.85. The van der Waals surface area contributed by atoms with Crippen LogP contribution in [0.2, 0.25) is 10.0 Å². The highest BCUT2D eigenvalue weighted by atomic mass is 35.5. The molecule has 0 aliphatic heterocycles. The van der Waals surface area contributed by atoms with Crippen LogP contribution in [-0.4, -0.2) is 12.4 Å². The summed E-state index contributed by atoms with van der Waals surface area (Å²) in [7, 11) is 0. The van der Waals surface area contributed by atoms with Gasteiger partial charge in [-0.05, 0) is 25.0 Å². The maximum absolute atomic E-state index is 12.0. The van der Waals surface area contributed by atoms with E-state index in [1.807, 2.05) is 0 Å². The van der Waals surface area contributed by atoms with Gasteiger partial charge in [-0.1, -0.05) is 42.5 Å². The highest BCUT2D eigenvalue weighted by molar-refractivity contribution is 6.34. The van der Waals surface area contributed by atoms with E-state index in [4.69, 9.17) is 27.9 Å². The fourth-order valence-corrected chi connectivity index (χ4v) is 2.81. The maximum atomic E-state index is 12.0. The van der Waals surface area contributed by atoms with Crippen molar-refractivity contribution in [2.24, 2.45) is 5.92 Å². The molecule has 0 spiro atoms. The summed E-state index contributed by atoms with van der Waals surface area (Å²) < 4.78 is 5.54. The molecule has 0 bridgehead atoms. The molecule has 2 nitrogen and oxygen atoms in total. The van der Waals surface area contributed by atoms with Crippen LogP contribution in [0.1, 0.15) is 38.5 Å². The molecule has 0 atom stereocenters.